The topological polar surface area (TPSA) is 112 Å². The predicted molar refractivity (Wildman–Crippen MR) is 134 cm³/mol. The van der Waals surface area contributed by atoms with Crippen molar-refractivity contribution in [1.29, 1.82) is 0 Å². The lowest BCUT2D eigenvalue weighted by atomic mass is 9.78. The van der Waals surface area contributed by atoms with Crippen LogP contribution >= 0.6 is 23.2 Å². The fourth-order valence-electron chi connectivity index (χ4n) is 4.38. The van der Waals surface area contributed by atoms with E-state index in [0.717, 1.165) is 11.1 Å². The van der Waals surface area contributed by atoms with Gasteiger partial charge in [0, 0.05) is 24.4 Å². The molecular formula is C24H19Cl2N5O3S. The van der Waals surface area contributed by atoms with Gasteiger partial charge in [-0.3, -0.25) is 4.68 Å². The Bertz CT molecular complexity index is 1600. The van der Waals surface area contributed by atoms with Crippen molar-refractivity contribution in [3.05, 3.63) is 105 Å². The lowest BCUT2D eigenvalue weighted by Gasteiger charge is -2.29. The van der Waals surface area contributed by atoms with Crippen molar-refractivity contribution in [3.63, 3.8) is 0 Å². The third kappa shape index (κ3) is 3.95. The summed E-state index contributed by atoms with van der Waals surface area (Å²) in [7, 11) is -2.54. The summed E-state index contributed by atoms with van der Waals surface area (Å²) >= 11 is 12.5. The number of rotatable bonds is 5. The minimum Gasteiger partial charge on any atom is -0.383 e. The van der Waals surface area contributed by atoms with Crippen molar-refractivity contribution in [2.75, 3.05) is 0 Å². The quantitative estimate of drug-likeness (QED) is 0.307. The predicted octanol–water partition coefficient (Wildman–Crippen LogP) is 4.21. The molecule has 5 rings (SSSR count). The van der Waals surface area contributed by atoms with E-state index in [2.05, 4.69) is 10.1 Å². The van der Waals surface area contributed by atoms with Crippen LogP contribution in [-0.2, 0) is 22.7 Å². The Morgan fingerprint density at radius 3 is 2.40 bits per heavy atom. The molecule has 0 aliphatic carbocycles. The minimum absolute atomic E-state index is 0.0938. The molecule has 0 saturated heterocycles. The van der Waals surface area contributed by atoms with Gasteiger partial charge in [-0.05, 0) is 47.9 Å². The van der Waals surface area contributed by atoms with Crippen molar-refractivity contribution >= 4 is 39.2 Å². The zero-order chi connectivity index (χ0) is 25.0. The van der Waals surface area contributed by atoms with Crippen LogP contribution in [0.25, 0.3) is 0 Å². The number of benzene rings is 2. The molecule has 178 valence electrons. The molecule has 11 heteroatoms. The van der Waals surface area contributed by atoms with Gasteiger partial charge in [-0.25, -0.2) is 9.98 Å². The Morgan fingerprint density at radius 1 is 1.00 bits per heavy atom. The van der Waals surface area contributed by atoms with Crippen molar-refractivity contribution in [2.24, 2.45) is 17.8 Å². The molecule has 2 aromatic carbocycles. The maximum atomic E-state index is 13.0. The highest BCUT2D eigenvalue weighted by Gasteiger charge is 2.43. The van der Waals surface area contributed by atoms with Crippen LogP contribution in [0, 0.1) is 6.92 Å². The molecule has 1 aliphatic rings. The molecule has 0 bridgehead atoms. The van der Waals surface area contributed by atoms with Crippen LogP contribution in [0.4, 0.5) is 0 Å². The van der Waals surface area contributed by atoms with Gasteiger partial charge in [0.25, 0.3) is 0 Å². The van der Waals surface area contributed by atoms with Crippen LogP contribution in [0.5, 0.6) is 5.75 Å². The smallest absolute Gasteiger partial charge is 0.359 e. The molecule has 0 saturated carbocycles. The average Bonchev–Trinajstić information content (AvgIpc) is 3.30. The first kappa shape index (κ1) is 23.3. The first-order chi connectivity index (χ1) is 16.6. The monoisotopic (exact) mass is 527 g/mol. The van der Waals surface area contributed by atoms with Gasteiger partial charge in [-0.15, -0.1) is 0 Å². The number of nitrogens with two attached hydrogens (primary N) is 1. The third-order valence-corrected chi connectivity index (χ3v) is 7.40. The van der Waals surface area contributed by atoms with Gasteiger partial charge in [-0.1, -0.05) is 59.6 Å². The lowest BCUT2D eigenvalue weighted by molar-refractivity contribution is 0.478. The van der Waals surface area contributed by atoms with Gasteiger partial charge < -0.3 is 9.92 Å². The number of aromatic nitrogens is 3. The largest absolute Gasteiger partial charge is 0.383 e. The Labute approximate surface area is 212 Å². The summed E-state index contributed by atoms with van der Waals surface area (Å²) in [4.78, 5) is 8.91. The summed E-state index contributed by atoms with van der Waals surface area (Å²) < 4.78 is 32.8. The van der Waals surface area contributed by atoms with E-state index in [9.17, 15) is 8.42 Å². The highest BCUT2D eigenvalue weighted by Crippen LogP contribution is 2.47. The van der Waals surface area contributed by atoms with Crippen LogP contribution in [-0.4, -0.2) is 29.0 Å². The normalized spacial score (nSPS) is 17.2. The second-order valence-corrected chi connectivity index (χ2v) is 10.3. The number of pyridine rings is 1. The van der Waals surface area contributed by atoms with Crippen LogP contribution < -0.4 is 9.92 Å². The van der Waals surface area contributed by atoms with Gasteiger partial charge in [0.2, 0.25) is 5.03 Å². The lowest BCUT2D eigenvalue weighted by Crippen LogP contribution is -2.26. The molecule has 0 spiro atoms. The molecule has 0 fully saturated rings. The molecule has 2 aromatic heterocycles. The molecular weight excluding hydrogens is 509 g/mol. The fraction of sp³-hybridized carbons (Fsp3) is 0.125. The first-order valence-corrected chi connectivity index (χ1v) is 12.6. The van der Waals surface area contributed by atoms with E-state index in [4.69, 9.17) is 38.1 Å². The molecule has 3 heterocycles. The number of fused-ring (bicyclic) bond motifs is 1. The number of halogens is 2. The van der Waals surface area contributed by atoms with E-state index in [1.165, 1.54) is 4.68 Å². The molecule has 1 unspecified atom stereocenters. The van der Waals surface area contributed by atoms with Crippen molar-refractivity contribution in [1.82, 2.24) is 14.8 Å². The molecule has 2 N–H and O–H groups in total. The third-order valence-electron chi connectivity index (χ3n) is 5.72. The molecule has 1 atom stereocenters. The summed E-state index contributed by atoms with van der Waals surface area (Å²) in [5.74, 6) is 0.420. The second-order valence-electron chi connectivity index (χ2n) is 8.11. The summed E-state index contributed by atoms with van der Waals surface area (Å²) in [5.41, 5.74) is 8.43. The number of nitrogens with zero attached hydrogens (tertiary/aromatic N) is 4. The van der Waals surface area contributed by atoms with E-state index in [-0.39, 0.29) is 21.1 Å². The Morgan fingerprint density at radius 2 is 1.71 bits per heavy atom. The van der Waals surface area contributed by atoms with Gasteiger partial charge in [-0.2, -0.15) is 13.5 Å². The highest BCUT2D eigenvalue weighted by molar-refractivity contribution is 7.87. The Kier molecular flexibility index (Phi) is 5.58. The van der Waals surface area contributed by atoms with Crippen molar-refractivity contribution < 1.29 is 12.6 Å². The van der Waals surface area contributed by atoms with E-state index in [0.29, 0.717) is 22.5 Å². The van der Waals surface area contributed by atoms with Gasteiger partial charge in [0.1, 0.15) is 27.4 Å². The van der Waals surface area contributed by atoms with E-state index < -0.39 is 15.7 Å². The Balaban J connectivity index is 1.69. The number of aryl methyl sites for hydroxylation is 2. The zero-order valence-corrected chi connectivity index (χ0v) is 20.9. The van der Waals surface area contributed by atoms with Crippen LogP contribution in [0.1, 0.15) is 27.8 Å². The van der Waals surface area contributed by atoms with Crippen molar-refractivity contribution in [3.8, 4) is 5.75 Å². The molecule has 0 amide bonds. The summed E-state index contributed by atoms with van der Waals surface area (Å²) in [5, 5.41) is 4.25. The number of hydrogen-bond donors (Lipinski definition) is 1. The van der Waals surface area contributed by atoms with Crippen LogP contribution in [0.2, 0.25) is 10.3 Å². The van der Waals surface area contributed by atoms with E-state index in [1.54, 1.807) is 50.5 Å². The standard InChI is InChI=1S/C24H19Cl2N5O3S/c1-14-13-31(2)30-23(14)35(32,33)34-17-7-5-6-15(10-17)24(16-11-20(25)28-21(26)12-16)19-9-4-3-8-18(19)22(27)29-24/h3-13H,1-2H3,(H2,27,29). The maximum absolute atomic E-state index is 13.0. The second kappa shape index (κ2) is 8.37. The number of hydrogen-bond acceptors (Lipinski definition) is 7. The Hall–Kier alpha value is -3.40. The van der Waals surface area contributed by atoms with E-state index >= 15 is 0 Å². The maximum Gasteiger partial charge on any atom is 0.359 e. The molecule has 35 heavy (non-hydrogen) atoms. The molecule has 8 nitrogen and oxygen atoms in total. The summed E-state index contributed by atoms with van der Waals surface area (Å²) in [6.07, 6.45) is 1.60. The van der Waals surface area contributed by atoms with Crippen molar-refractivity contribution in [2.45, 2.75) is 17.5 Å². The number of aliphatic imine (C=N–C) groups is 1. The summed E-state index contributed by atoms with van der Waals surface area (Å²) in [6.45, 7) is 1.65. The molecule has 4 aromatic rings. The van der Waals surface area contributed by atoms with Crippen LogP contribution in [0.15, 0.2) is 76.9 Å². The SMILES string of the molecule is Cc1cn(C)nc1S(=O)(=O)Oc1cccc(C2(c3cc(Cl)nc(Cl)c3)N=C(N)c3ccccc32)c1. The first-order valence-electron chi connectivity index (χ1n) is 10.4. The molecule has 0 radical (unpaired) electrons. The summed E-state index contributed by atoms with van der Waals surface area (Å²) in [6, 6.07) is 17.5. The minimum atomic E-state index is -4.18. The van der Waals surface area contributed by atoms with Crippen LogP contribution in [0.3, 0.4) is 0 Å². The number of amidine groups is 1. The zero-order valence-electron chi connectivity index (χ0n) is 18.6. The highest BCUT2D eigenvalue weighted by atomic mass is 35.5. The average molecular weight is 528 g/mol. The molecule has 1 aliphatic heterocycles. The van der Waals surface area contributed by atoms with Gasteiger partial charge in [0.15, 0.2) is 0 Å². The fourth-order valence-corrected chi connectivity index (χ4v) is 5.95. The van der Waals surface area contributed by atoms with E-state index in [1.807, 2.05) is 30.3 Å². The van der Waals surface area contributed by atoms with Gasteiger partial charge in [0.05, 0.1) is 0 Å². The van der Waals surface area contributed by atoms with Gasteiger partial charge >= 0.3 is 10.1 Å².